The standard InChI is InChI=1S/C17H25NO2/c1-14-5-2-3-7-16(14)13-19-9-10-20-17-8-4-6-15(11-17)12-18/h2-4,6,8,11,14,16H,5,7,9-10,12-13,18H2,1H3. The van der Waals surface area contributed by atoms with Gasteiger partial charge in [0.25, 0.3) is 0 Å². The van der Waals surface area contributed by atoms with E-state index >= 15 is 0 Å². The van der Waals surface area contributed by atoms with Gasteiger partial charge in [0.2, 0.25) is 0 Å². The lowest BCUT2D eigenvalue weighted by Gasteiger charge is -2.24. The Morgan fingerprint density at radius 1 is 1.20 bits per heavy atom. The second-order valence-corrected chi connectivity index (χ2v) is 5.46. The van der Waals surface area contributed by atoms with E-state index in [1.165, 1.54) is 6.42 Å². The molecule has 2 N–H and O–H groups in total. The Kier molecular flexibility index (Phi) is 6.09. The molecule has 0 heterocycles. The van der Waals surface area contributed by atoms with Gasteiger partial charge >= 0.3 is 0 Å². The van der Waals surface area contributed by atoms with Crippen LogP contribution in [0.3, 0.4) is 0 Å². The van der Waals surface area contributed by atoms with Crippen LogP contribution in [-0.2, 0) is 11.3 Å². The molecule has 1 aromatic rings. The van der Waals surface area contributed by atoms with Crippen LogP contribution >= 0.6 is 0 Å². The Morgan fingerprint density at radius 2 is 2.05 bits per heavy atom. The molecule has 2 rings (SSSR count). The SMILES string of the molecule is CC1CC=CCC1COCCOc1cccc(CN)c1. The molecule has 0 aliphatic heterocycles. The number of allylic oxidation sites excluding steroid dienone is 2. The van der Waals surface area contributed by atoms with E-state index in [1.54, 1.807) is 0 Å². The average Bonchev–Trinajstić information content (AvgIpc) is 2.49. The van der Waals surface area contributed by atoms with Gasteiger partial charge in [0, 0.05) is 6.54 Å². The van der Waals surface area contributed by atoms with Crippen LogP contribution in [-0.4, -0.2) is 19.8 Å². The van der Waals surface area contributed by atoms with Crippen molar-refractivity contribution in [3.05, 3.63) is 42.0 Å². The van der Waals surface area contributed by atoms with E-state index in [1.807, 2.05) is 24.3 Å². The van der Waals surface area contributed by atoms with Gasteiger partial charge in [0.05, 0.1) is 13.2 Å². The number of rotatable bonds is 7. The van der Waals surface area contributed by atoms with Crippen molar-refractivity contribution in [2.24, 2.45) is 17.6 Å². The van der Waals surface area contributed by atoms with Crippen molar-refractivity contribution in [1.29, 1.82) is 0 Å². The smallest absolute Gasteiger partial charge is 0.119 e. The Morgan fingerprint density at radius 3 is 2.85 bits per heavy atom. The highest BCUT2D eigenvalue weighted by Crippen LogP contribution is 2.24. The van der Waals surface area contributed by atoms with Crippen molar-refractivity contribution in [3.8, 4) is 5.75 Å². The lowest BCUT2D eigenvalue weighted by molar-refractivity contribution is 0.0586. The lowest BCUT2D eigenvalue weighted by atomic mass is 9.85. The number of benzene rings is 1. The lowest BCUT2D eigenvalue weighted by Crippen LogP contribution is -2.21. The van der Waals surface area contributed by atoms with Gasteiger partial charge in [-0.1, -0.05) is 31.2 Å². The molecule has 0 aromatic heterocycles. The normalized spacial score (nSPS) is 21.9. The van der Waals surface area contributed by atoms with Crippen molar-refractivity contribution >= 4 is 0 Å². The summed E-state index contributed by atoms with van der Waals surface area (Å²) in [6, 6.07) is 7.90. The summed E-state index contributed by atoms with van der Waals surface area (Å²) in [5.74, 6) is 2.24. The summed E-state index contributed by atoms with van der Waals surface area (Å²) >= 11 is 0. The van der Waals surface area contributed by atoms with Crippen molar-refractivity contribution in [2.75, 3.05) is 19.8 Å². The molecule has 20 heavy (non-hydrogen) atoms. The molecule has 1 aliphatic carbocycles. The summed E-state index contributed by atoms with van der Waals surface area (Å²) in [6.45, 7) is 4.90. The van der Waals surface area contributed by atoms with Crippen LogP contribution in [0.1, 0.15) is 25.3 Å². The predicted octanol–water partition coefficient (Wildman–Crippen LogP) is 3.14. The highest BCUT2D eigenvalue weighted by molar-refractivity contribution is 5.28. The first-order chi connectivity index (χ1) is 9.79. The molecule has 0 saturated heterocycles. The van der Waals surface area contributed by atoms with E-state index in [4.69, 9.17) is 15.2 Å². The zero-order valence-electron chi connectivity index (χ0n) is 12.3. The van der Waals surface area contributed by atoms with Crippen molar-refractivity contribution < 1.29 is 9.47 Å². The number of hydrogen-bond donors (Lipinski definition) is 1. The third-order valence-electron chi connectivity index (χ3n) is 3.88. The van der Waals surface area contributed by atoms with Gasteiger partial charge in [-0.25, -0.2) is 0 Å². The molecule has 1 aromatic carbocycles. The number of hydrogen-bond acceptors (Lipinski definition) is 3. The third-order valence-corrected chi connectivity index (χ3v) is 3.88. The average molecular weight is 275 g/mol. The molecule has 3 nitrogen and oxygen atoms in total. The Hall–Kier alpha value is -1.32. The first-order valence-corrected chi connectivity index (χ1v) is 7.44. The fourth-order valence-electron chi connectivity index (χ4n) is 2.45. The van der Waals surface area contributed by atoms with Crippen molar-refractivity contribution in [3.63, 3.8) is 0 Å². The van der Waals surface area contributed by atoms with Gasteiger partial charge < -0.3 is 15.2 Å². The topological polar surface area (TPSA) is 44.5 Å². The van der Waals surface area contributed by atoms with E-state index in [0.29, 0.717) is 25.7 Å². The van der Waals surface area contributed by atoms with Crippen LogP contribution in [0, 0.1) is 11.8 Å². The highest BCUT2D eigenvalue weighted by atomic mass is 16.5. The molecular formula is C17H25NO2. The molecule has 0 bridgehead atoms. The van der Waals surface area contributed by atoms with Crippen LogP contribution in [0.15, 0.2) is 36.4 Å². The molecule has 110 valence electrons. The van der Waals surface area contributed by atoms with E-state index < -0.39 is 0 Å². The van der Waals surface area contributed by atoms with E-state index in [9.17, 15) is 0 Å². The molecule has 2 atom stereocenters. The van der Waals surface area contributed by atoms with Gasteiger partial charge in [-0.15, -0.1) is 0 Å². The third kappa shape index (κ3) is 4.66. The molecule has 0 amide bonds. The molecule has 2 unspecified atom stereocenters. The first-order valence-electron chi connectivity index (χ1n) is 7.44. The highest BCUT2D eigenvalue weighted by Gasteiger charge is 2.17. The summed E-state index contributed by atoms with van der Waals surface area (Å²) in [5.41, 5.74) is 6.69. The van der Waals surface area contributed by atoms with Gasteiger partial charge in [-0.05, 0) is 42.4 Å². The fourth-order valence-corrected chi connectivity index (χ4v) is 2.45. The number of ether oxygens (including phenoxy) is 2. The van der Waals surface area contributed by atoms with Crippen LogP contribution in [0.25, 0.3) is 0 Å². The van der Waals surface area contributed by atoms with Crippen molar-refractivity contribution in [2.45, 2.75) is 26.3 Å². The van der Waals surface area contributed by atoms with Gasteiger partial charge in [0.1, 0.15) is 12.4 Å². The second kappa shape index (κ2) is 8.08. The minimum absolute atomic E-state index is 0.542. The summed E-state index contributed by atoms with van der Waals surface area (Å²) in [6.07, 6.45) is 6.86. The summed E-state index contributed by atoms with van der Waals surface area (Å²) < 4.78 is 11.4. The van der Waals surface area contributed by atoms with E-state index in [0.717, 1.165) is 30.3 Å². The maximum absolute atomic E-state index is 5.74. The predicted molar refractivity (Wildman–Crippen MR) is 81.7 cm³/mol. The minimum Gasteiger partial charge on any atom is -0.491 e. The first kappa shape index (κ1) is 15.1. The van der Waals surface area contributed by atoms with Crippen LogP contribution < -0.4 is 10.5 Å². The summed E-state index contributed by atoms with van der Waals surface area (Å²) in [7, 11) is 0. The number of nitrogens with two attached hydrogens (primary N) is 1. The van der Waals surface area contributed by atoms with E-state index in [2.05, 4.69) is 19.1 Å². The van der Waals surface area contributed by atoms with E-state index in [-0.39, 0.29) is 0 Å². The van der Waals surface area contributed by atoms with Crippen molar-refractivity contribution in [1.82, 2.24) is 0 Å². The van der Waals surface area contributed by atoms with Gasteiger partial charge in [0.15, 0.2) is 0 Å². The van der Waals surface area contributed by atoms with Gasteiger partial charge in [-0.3, -0.25) is 0 Å². The maximum atomic E-state index is 5.74. The fraction of sp³-hybridized carbons (Fsp3) is 0.529. The Bertz CT molecular complexity index is 431. The molecule has 1 aliphatic rings. The summed E-state index contributed by atoms with van der Waals surface area (Å²) in [5, 5.41) is 0. The quantitative estimate of drug-likeness (QED) is 0.614. The van der Waals surface area contributed by atoms with Crippen LogP contribution in [0.2, 0.25) is 0 Å². The molecule has 0 fully saturated rings. The summed E-state index contributed by atoms with van der Waals surface area (Å²) in [4.78, 5) is 0. The molecule has 0 saturated carbocycles. The maximum Gasteiger partial charge on any atom is 0.119 e. The largest absolute Gasteiger partial charge is 0.491 e. The van der Waals surface area contributed by atoms with Crippen LogP contribution in [0.4, 0.5) is 0 Å². The molecule has 0 radical (unpaired) electrons. The molecule has 0 spiro atoms. The molecule has 3 heteroatoms. The molecular weight excluding hydrogens is 250 g/mol. The monoisotopic (exact) mass is 275 g/mol. The van der Waals surface area contributed by atoms with Gasteiger partial charge in [-0.2, -0.15) is 0 Å². The minimum atomic E-state index is 0.542. The Balaban J connectivity index is 1.62. The Labute approximate surface area is 121 Å². The van der Waals surface area contributed by atoms with Crippen LogP contribution in [0.5, 0.6) is 5.75 Å². The second-order valence-electron chi connectivity index (χ2n) is 5.46. The zero-order chi connectivity index (χ0) is 14.2. The zero-order valence-corrected chi connectivity index (χ0v) is 12.3.